The maximum absolute atomic E-state index is 13.7. The second-order valence-corrected chi connectivity index (χ2v) is 8.44. The molecule has 1 aliphatic heterocycles. The molecule has 1 fully saturated rings. The number of nitrogens with zero attached hydrogens (tertiary/aromatic N) is 2. The summed E-state index contributed by atoms with van der Waals surface area (Å²) >= 11 is 0. The number of hydrogen-bond acceptors (Lipinski definition) is 3. The van der Waals surface area contributed by atoms with Gasteiger partial charge in [0.05, 0.1) is 0 Å². The van der Waals surface area contributed by atoms with Crippen molar-refractivity contribution in [2.75, 3.05) is 38.7 Å². The number of carbonyl (C=O) groups excluding carboxylic acids is 1. The van der Waals surface area contributed by atoms with Gasteiger partial charge in [0.2, 0.25) is 0 Å². The zero-order valence-corrected chi connectivity index (χ0v) is 18.6. The molecule has 0 aliphatic carbocycles. The number of piperidine rings is 1. The number of rotatable bonds is 6. The Kier molecular flexibility index (Phi) is 6.74. The number of amides is 1. The van der Waals surface area contributed by atoms with Crippen molar-refractivity contribution in [3.8, 4) is 16.9 Å². The Labute approximate surface area is 189 Å². The number of hydrogen-bond donors (Lipinski definition) is 0. The zero-order valence-electron chi connectivity index (χ0n) is 18.6. The van der Waals surface area contributed by atoms with Crippen molar-refractivity contribution in [2.45, 2.75) is 18.8 Å². The molecule has 1 amide bonds. The van der Waals surface area contributed by atoms with Crippen molar-refractivity contribution in [1.82, 2.24) is 4.90 Å². The summed E-state index contributed by atoms with van der Waals surface area (Å²) in [5.41, 5.74) is 4.91. The fourth-order valence-electron chi connectivity index (χ4n) is 4.18. The van der Waals surface area contributed by atoms with Gasteiger partial charge in [-0.2, -0.15) is 0 Å². The van der Waals surface area contributed by atoms with E-state index in [0.717, 1.165) is 12.8 Å². The summed E-state index contributed by atoms with van der Waals surface area (Å²) in [4.78, 5) is 16.4. The third kappa shape index (κ3) is 5.10. The predicted molar refractivity (Wildman–Crippen MR) is 127 cm³/mol. The second kappa shape index (κ2) is 9.86. The van der Waals surface area contributed by atoms with Crippen LogP contribution in [0.15, 0.2) is 72.8 Å². The first-order valence-electron chi connectivity index (χ1n) is 11.0. The molecule has 3 aromatic rings. The minimum Gasteiger partial charge on any atom is -0.481 e. The Hall–Kier alpha value is -3.34. The molecule has 4 rings (SSSR count). The molecule has 1 aliphatic rings. The maximum Gasteiger partial charge on any atom is 0.260 e. The van der Waals surface area contributed by atoms with Crippen molar-refractivity contribution >= 4 is 11.6 Å². The molecule has 3 aromatic carbocycles. The van der Waals surface area contributed by atoms with Crippen LogP contribution in [0.1, 0.15) is 24.3 Å². The lowest BCUT2D eigenvalue weighted by molar-refractivity contribution is -0.134. The van der Waals surface area contributed by atoms with Crippen molar-refractivity contribution in [3.63, 3.8) is 0 Å². The van der Waals surface area contributed by atoms with Crippen molar-refractivity contribution in [1.29, 1.82) is 0 Å². The SMILES string of the molecule is CN(C)c1ccc(-c2cccc(C3CCN(C(=O)COc4ccccc4F)CC3)c2)cc1. The van der Waals surface area contributed by atoms with Crippen LogP contribution in [-0.2, 0) is 4.79 Å². The average molecular weight is 433 g/mol. The van der Waals surface area contributed by atoms with Crippen LogP contribution < -0.4 is 9.64 Å². The van der Waals surface area contributed by atoms with Crippen molar-refractivity contribution in [2.24, 2.45) is 0 Å². The Balaban J connectivity index is 1.34. The smallest absolute Gasteiger partial charge is 0.260 e. The largest absolute Gasteiger partial charge is 0.481 e. The highest BCUT2D eigenvalue weighted by molar-refractivity contribution is 5.78. The summed E-state index contributed by atoms with van der Waals surface area (Å²) in [5, 5.41) is 0. The highest BCUT2D eigenvalue weighted by Crippen LogP contribution is 2.31. The monoisotopic (exact) mass is 432 g/mol. The normalized spacial score (nSPS) is 14.3. The van der Waals surface area contributed by atoms with Crippen molar-refractivity contribution in [3.05, 3.63) is 84.2 Å². The standard InChI is InChI=1S/C27H29FN2O2/c1-29(2)24-12-10-20(11-13-24)22-6-5-7-23(18-22)21-14-16-30(17-15-21)27(31)19-32-26-9-4-3-8-25(26)28/h3-13,18,21H,14-17,19H2,1-2H3. The van der Waals surface area contributed by atoms with Gasteiger partial charge in [-0.15, -0.1) is 0 Å². The minimum atomic E-state index is -0.449. The van der Waals surface area contributed by atoms with Gasteiger partial charge in [0.1, 0.15) is 0 Å². The summed E-state index contributed by atoms with van der Waals surface area (Å²) in [5.74, 6) is -0.00428. The topological polar surface area (TPSA) is 32.8 Å². The first-order chi connectivity index (χ1) is 15.5. The van der Waals surface area contributed by atoms with Crippen LogP contribution in [0.25, 0.3) is 11.1 Å². The van der Waals surface area contributed by atoms with Gasteiger partial charge >= 0.3 is 0 Å². The lowest BCUT2D eigenvalue weighted by Crippen LogP contribution is -2.40. The fraction of sp³-hybridized carbons (Fsp3) is 0.296. The van der Waals surface area contributed by atoms with Crippen LogP contribution in [0, 0.1) is 5.82 Å². The van der Waals surface area contributed by atoms with Crippen LogP contribution in [0.5, 0.6) is 5.75 Å². The number of benzene rings is 3. The highest BCUT2D eigenvalue weighted by Gasteiger charge is 2.24. The van der Waals surface area contributed by atoms with Gasteiger partial charge in [0, 0.05) is 32.9 Å². The molecule has 0 atom stereocenters. The van der Waals surface area contributed by atoms with Crippen LogP contribution in [0.3, 0.4) is 0 Å². The molecule has 1 saturated heterocycles. The molecule has 5 heteroatoms. The summed E-state index contributed by atoms with van der Waals surface area (Å²) in [6.45, 7) is 1.24. The van der Waals surface area contributed by atoms with E-state index in [0.29, 0.717) is 19.0 Å². The number of ether oxygens (including phenoxy) is 1. The van der Waals surface area contributed by atoms with E-state index < -0.39 is 5.82 Å². The average Bonchev–Trinajstić information content (AvgIpc) is 2.83. The Morgan fingerprint density at radius 1 is 0.969 bits per heavy atom. The number of likely N-dealkylation sites (tertiary alicyclic amines) is 1. The summed E-state index contributed by atoms with van der Waals surface area (Å²) in [7, 11) is 4.08. The van der Waals surface area contributed by atoms with Crippen LogP contribution in [0.4, 0.5) is 10.1 Å². The van der Waals surface area contributed by atoms with Gasteiger partial charge in [-0.3, -0.25) is 4.79 Å². The van der Waals surface area contributed by atoms with Gasteiger partial charge in [0.15, 0.2) is 18.2 Å². The predicted octanol–water partition coefficient (Wildman–Crippen LogP) is 5.34. The summed E-state index contributed by atoms with van der Waals surface area (Å²) in [6, 6.07) is 23.5. The molecule has 166 valence electrons. The van der Waals surface area contributed by atoms with E-state index in [1.54, 1.807) is 12.1 Å². The van der Waals surface area contributed by atoms with E-state index >= 15 is 0 Å². The molecule has 0 bridgehead atoms. The Bertz CT molecular complexity index is 1060. The fourth-order valence-corrected chi connectivity index (χ4v) is 4.18. The van der Waals surface area contributed by atoms with Gasteiger partial charge in [-0.05, 0) is 59.7 Å². The highest BCUT2D eigenvalue weighted by atomic mass is 19.1. The molecule has 1 heterocycles. The summed E-state index contributed by atoms with van der Waals surface area (Å²) in [6.07, 6.45) is 1.82. The van der Waals surface area contributed by atoms with Gasteiger partial charge in [0.25, 0.3) is 5.91 Å². The molecule has 32 heavy (non-hydrogen) atoms. The Morgan fingerprint density at radius 3 is 2.38 bits per heavy atom. The van der Waals surface area contributed by atoms with Gasteiger partial charge in [-0.25, -0.2) is 4.39 Å². The minimum absolute atomic E-state index is 0.0959. The molecule has 0 unspecified atom stereocenters. The third-order valence-corrected chi connectivity index (χ3v) is 6.11. The first-order valence-corrected chi connectivity index (χ1v) is 11.0. The maximum atomic E-state index is 13.7. The quantitative estimate of drug-likeness (QED) is 0.527. The molecule has 0 spiro atoms. The Morgan fingerprint density at radius 2 is 1.69 bits per heavy atom. The van der Waals surface area contributed by atoms with Gasteiger partial charge < -0.3 is 14.5 Å². The molecule has 4 nitrogen and oxygen atoms in total. The number of para-hydroxylation sites is 1. The third-order valence-electron chi connectivity index (χ3n) is 6.11. The molecule has 0 saturated carbocycles. The lowest BCUT2D eigenvalue weighted by Gasteiger charge is -2.32. The van der Waals surface area contributed by atoms with E-state index in [1.165, 1.54) is 34.5 Å². The summed E-state index contributed by atoms with van der Waals surface area (Å²) < 4.78 is 19.1. The van der Waals surface area contributed by atoms with Crippen LogP contribution in [0.2, 0.25) is 0 Å². The molecule has 0 radical (unpaired) electrons. The van der Waals surface area contributed by atoms with E-state index in [-0.39, 0.29) is 18.3 Å². The number of halogens is 1. The molecular weight excluding hydrogens is 403 g/mol. The van der Waals surface area contributed by atoms with Gasteiger partial charge in [-0.1, -0.05) is 48.5 Å². The van der Waals surface area contributed by atoms with E-state index in [1.807, 2.05) is 19.0 Å². The molecule has 0 N–H and O–H groups in total. The molecule has 0 aromatic heterocycles. The van der Waals surface area contributed by atoms with Crippen LogP contribution in [-0.4, -0.2) is 44.6 Å². The van der Waals surface area contributed by atoms with E-state index in [9.17, 15) is 9.18 Å². The van der Waals surface area contributed by atoms with E-state index in [2.05, 4.69) is 53.4 Å². The second-order valence-electron chi connectivity index (χ2n) is 8.44. The zero-order chi connectivity index (χ0) is 22.5. The number of carbonyl (C=O) groups is 1. The van der Waals surface area contributed by atoms with E-state index in [4.69, 9.17) is 4.74 Å². The molecular formula is C27H29FN2O2. The number of anilines is 1. The lowest BCUT2D eigenvalue weighted by atomic mass is 9.88. The van der Waals surface area contributed by atoms with Crippen LogP contribution >= 0.6 is 0 Å². The first kappa shape index (κ1) is 21.9. The van der Waals surface area contributed by atoms with Crippen molar-refractivity contribution < 1.29 is 13.9 Å².